The summed E-state index contributed by atoms with van der Waals surface area (Å²) in [7, 11) is 0. The number of benzene rings is 1. The van der Waals surface area contributed by atoms with E-state index in [1.807, 2.05) is 48.7 Å². The van der Waals surface area contributed by atoms with Gasteiger partial charge in [-0.25, -0.2) is 4.79 Å². The van der Waals surface area contributed by atoms with Gasteiger partial charge in [-0.2, -0.15) is 0 Å². The molecular formula is C15H22N6O. The second kappa shape index (κ2) is 8.02. The van der Waals surface area contributed by atoms with Gasteiger partial charge >= 0.3 is 6.03 Å². The van der Waals surface area contributed by atoms with Gasteiger partial charge in [-0.1, -0.05) is 18.2 Å². The lowest BCUT2D eigenvalue weighted by Gasteiger charge is -2.16. The van der Waals surface area contributed by atoms with Crippen LogP contribution in [-0.2, 0) is 13.1 Å². The lowest BCUT2D eigenvalue weighted by atomic mass is 10.3. The van der Waals surface area contributed by atoms with Crippen LogP contribution >= 0.6 is 0 Å². The normalized spacial score (nSPS) is 11.7. The summed E-state index contributed by atoms with van der Waals surface area (Å²) in [4.78, 5) is 11.9. The average molecular weight is 302 g/mol. The summed E-state index contributed by atoms with van der Waals surface area (Å²) < 4.78 is 1.89. The van der Waals surface area contributed by atoms with Crippen LogP contribution in [0, 0.1) is 0 Å². The standard InChI is InChI=1S/C15H22N6O/c1-3-21-11-18-20-14(21)10-17-15(22)19-12(2)9-16-13-7-5-4-6-8-13/h4-8,11-12,16H,3,9-10H2,1-2H3,(H2,17,19,22)/t12-/m0/s1. The topological polar surface area (TPSA) is 83.9 Å². The fourth-order valence-corrected chi connectivity index (χ4v) is 1.99. The van der Waals surface area contributed by atoms with Crippen molar-refractivity contribution in [3.8, 4) is 0 Å². The predicted molar refractivity (Wildman–Crippen MR) is 85.5 cm³/mol. The van der Waals surface area contributed by atoms with Crippen molar-refractivity contribution in [1.29, 1.82) is 0 Å². The van der Waals surface area contributed by atoms with Crippen molar-refractivity contribution in [3.05, 3.63) is 42.5 Å². The molecular weight excluding hydrogens is 280 g/mol. The van der Waals surface area contributed by atoms with Crippen LogP contribution in [-0.4, -0.2) is 33.4 Å². The Morgan fingerprint density at radius 3 is 2.82 bits per heavy atom. The van der Waals surface area contributed by atoms with Crippen LogP contribution in [0.5, 0.6) is 0 Å². The van der Waals surface area contributed by atoms with E-state index < -0.39 is 0 Å². The van der Waals surface area contributed by atoms with Gasteiger partial charge in [0.05, 0.1) is 6.54 Å². The summed E-state index contributed by atoms with van der Waals surface area (Å²) in [5.41, 5.74) is 1.03. The molecule has 0 aliphatic rings. The molecule has 1 aromatic carbocycles. The zero-order chi connectivity index (χ0) is 15.8. The Hall–Kier alpha value is -2.57. The summed E-state index contributed by atoms with van der Waals surface area (Å²) in [6.07, 6.45) is 1.65. The van der Waals surface area contributed by atoms with E-state index in [1.165, 1.54) is 0 Å². The maximum atomic E-state index is 11.9. The second-order valence-electron chi connectivity index (χ2n) is 5.01. The summed E-state index contributed by atoms with van der Waals surface area (Å²) in [6, 6.07) is 9.68. The minimum Gasteiger partial charge on any atom is -0.383 e. The molecule has 2 amide bonds. The van der Waals surface area contributed by atoms with E-state index in [4.69, 9.17) is 0 Å². The van der Waals surface area contributed by atoms with Crippen LogP contribution in [0.1, 0.15) is 19.7 Å². The lowest BCUT2D eigenvalue weighted by Crippen LogP contribution is -2.43. The molecule has 7 heteroatoms. The molecule has 2 aromatic rings. The molecule has 7 nitrogen and oxygen atoms in total. The van der Waals surface area contributed by atoms with Gasteiger partial charge in [-0.15, -0.1) is 10.2 Å². The van der Waals surface area contributed by atoms with E-state index in [9.17, 15) is 4.79 Å². The van der Waals surface area contributed by atoms with Crippen molar-refractivity contribution in [1.82, 2.24) is 25.4 Å². The van der Waals surface area contributed by atoms with Crippen LogP contribution in [0.3, 0.4) is 0 Å². The highest BCUT2D eigenvalue weighted by Gasteiger charge is 2.08. The Morgan fingerprint density at radius 1 is 1.32 bits per heavy atom. The Labute approximate surface area is 130 Å². The van der Waals surface area contributed by atoms with Crippen LogP contribution in [0.25, 0.3) is 0 Å². The molecule has 118 valence electrons. The Kier molecular flexibility index (Phi) is 5.76. The smallest absolute Gasteiger partial charge is 0.315 e. The van der Waals surface area contributed by atoms with Crippen molar-refractivity contribution in [3.63, 3.8) is 0 Å². The first-order valence-electron chi connectivity index (χ1n) is 7.39. The minimum atomic E-state index is -0.215. The van der Waals surface area contributed by atoms with Gasteiger partial charge in [0, 0.05) is 24.8 Å². The average Bonchev–Trinajstić information content (AvgIpc) is 2.99. The zero-order valence-electron chi connectivity index (χ0n) is 12.9. The molecule has 1 atom stereocenters. The Balaban J connectivity index is 1.70. The second-order valence-corrected chi connectivity index (χ2v) is 5.01. The number of hydrogen-bond acceptors (Lipinski definition) is 4. The van der Waals surface area contributed by atoms with Crippen molar-refractivity contribution in [2.24, 2.45) is 0 Å². The van der Waals surface area contributed by atoms with Gasteiger partial charge in [-0.05, 0) is 26.0 Å². The highest BCUT2D eigenvalue weighted by Crippen LogP contribution is 2.04. The monoisotopic (exact) mass is 302 g/mol. The summed E-state index contributed by atoms with van der Waals surface area (Å²) in [5.74, 6) is 0.743. The van der Waals surface area contributed by atoms with Gasteiger partial charge in [0.15, 0.2) is 5.82 Å². The summed E-state index contributed by atoms with van der Waals surface area (Å²) in [6.45, 7) is 5.75. The number of nitrogens with zero attached hydrogens (tertiary/aromatic N) is 3. The Morgan fingerprint density at radius 2 is 2.09 bits per heavy atom. The molecule has 0 aliphatic carbocycles. The van der Waals surface area contributed by atoms with Crippen molar-refractivity contribution in [2.75, 3.05) is 11.9 Å². The third kappa shape index (κ3) is 4.76. The highest BCUT2D eigenvalue weighted by atomic mass is 16.2. The molecule has 1 heterocycles. The van der Waals surface area contributed by atoms with Crippen molar-refractivity contribution < 1.29 is 4.79 Å². The third-order valence-corrected chi connectivity index (χ3v) is 3.21. The number of aryl methyl sites for hydroxylation is 1. The van der Waals surface area contributed by atoms with Crippen molar-refractivity contribution >= 4 is 11.7 Å². The molecule has 0 fully saturated rings. The fourth-order valence-electron chi connectivity index (χ4n) is 1.99. The number of rotatable bonds is 7. The SMILES string of the molecule is CCn1cnnc1CNC(=O)N[C@@H](C)CNc1ccccc1. The van der Waals surface area contributed by atoms with Gasteiger partial charge in [0.25, 0.3) is 0 Å². The molecule has 2 rings (SSSR count). The van der Waals surface area contributed by atoms with E-state index in [2.05, 4.69) is 26.1 Å². The number of urea groups is 1. The van der Waals surface area contributed by atoms with Crippen LogP contribution in [0.15, 0.2) is 36.7 Å². The van der Waals surface area contributed by atoms with Gasteiger partial charge in [0.2, 0.25) is 0 Å². The minimum absolute atomic E-state index is 0.00394. The highest BCUT2D eigenvalue weighted by molar-refractivity contribution is 5.74. The fraction of sp³-hybridized carbons (Fsp3) is 0.400. The molecule has 0 spiro atoms. The van der Waals surface area contributed by atoms with E-state index >= 15 is 0 Å². The van der Waals surface area contributed by atoms with E-state index in [-0.39, 0.29) is 12.1 Å². The number of carbonyl (C=O) groups excluding carboxylic acids is 1. The van der Waals surface area contributed by atoms with Crippen LogP contribution < -0.4 is 16.0 Å². The zero-order valence-corrected chi connectivity index (χ0v) is 12.9. The molecule has 0 bridgehead atoms. The number of amides is 2. The Bertz CT molecular complexity index is 583. The van der Waals surface area contributed by atoms with Gasteiger partial charge in [0.1, 0.15) is 6.33 Å². The largest absolute Gasteiger partial charge is 0.383 e. The maximum Gasteiger partial charge on any atom is 0.315 e. The number of para-hydroxylation sites is 1. The molecule has 0 saturated heterocycles. The molecule has 3 N–H and O–H groups in total. The van der Waals surface area contributed by atoms with Crippen LogP contribution in [0.4, 0.5) is 10.5 Å². The molecule has 0 unspecified atom stereocenters. The predicted octanol–water partition coefficient (Wildman–Crippen LogP) is 1.60. The number of anilines is 1. The summed E-state index contributed by atoms with van der Waals surface area (Å²) in [5, 5.41) is 16.7. The van der Waals surface area contributed by atoms with E-state index in [0.717, 1.165) is 18.1 Å². The first-order chi connectivity index (χ1) is 10.7. The van der Waals surface area contributed by atoms with E-state index in [1.54, 1.807) is 6.33 Å². The maximum absolute atomic E-state index is 11.9. The molecule has 0 radical (unpaired) electrons. The molecule has 22 heavy (non-hydrogen) atoms. The number of hydrogen-bond donors (Lipinski definition) is 3. The first-order valence-corrected chi connectivity index (χ1v) is 7.39. The van der Waals surface area contributed by atoms with Crippen molar-refractivity contribution in [2.45, 2.75) is 33.0 Å². The summed E-state index contributed by atoms with van der Waals surface area (Å²) >= 11 is 0. The quantitative estimate of drug-likeness (QED) is 0.725. The number of aromatic nitrogens is 3. The number of nitrogens with one attached hydrogen (secondary N) is 3. The number of carbonyl (C=O) groups is 1. The lowest BCUT2D eigenvalue weighted by molar-refractivity contribution is 0.237. The molecule has 0 saturated carbocycles. The first kappa shape index (κ1) is 15.8. The third-order valence-electron chi connectivity index (χ3n) is 3.21. The molecule has 0 aliphatic heterocycles. The van der Waals surface area contributed by atoms with Gasteiger partial charge < -0.3 is 20.5 Å². The van der Waals surface area contributed by atoms with E-state index in [0.29, 0.717) is 13.1 Å². The van der Waals surface area contributed by atoms with Crippen LogP contribution in [0.2, 0.25) is 0 Å². The van der Waals surface area contributed by atoms with Gasteiger partial charge in [-0.3, -0.25) is 0 Å². The molecule has 1 aromatic heterocycles.